The Morgan fingerprint density at radius 3 is 2.81 bits per heavy atom. The maximum absolute atomic E-state index is 12.7. The average molecular weight is 283 g/mol. The molecule has 2 aliphatic rings. The molecule has 1 aromatic heterocycles. The van der Waals surface area contributed by atoms with E-state index in [0.717, 1.165) is 38.3 Å². The van der Waals surface area contributed by atoms with Crippen LogP contribution < -0.4 is 4.90 Å². The van der Waals surface area contributed by atoms with Crippen molar-refractivity contribution in [3.63, 3.8) is 0 Å². The van der Waals surface area contributed by atoms with Crippen LogP contribution in [0.25, 0.3) is 0 Å². The van der Waals surface area contributed by atoms with Crippen LogP contribution in [0.1, 0.15) is 18.4 Å². The van der Waals surface area contributed by atoms with Crippen LogP contribution in [0.3, 0.4) is 0 Å². The molecule has 0 saturated carbocycles. The molecule has 1 saturated heterocycles. The molecule has 1 fully saturated rings. The Hall–Kier alpha value is -2.14. The third-order valence-corrected chi connectivity index (χ3v) is 4.63. The van der Waals surface area contributed by atoms with E-state index in [-0.39, 0.29) is 11.4 Å². The zero-order chi connectivity index (χ0) is 14.3. The van der Waals surface area contributed by atoms with Gasteiger partial charge in [0.2, 0.25) is 0 Å². The lowest BCUT2D eigenvalue weighted by Gasteiger charge is -2.34. The molecule has 1 amide bonds. The number of fused-ring (bicyclic) bond motifs is 2. The highest BCUT2D eigenvalue weighted by molar-refractivity contribution is 5.96. The van der Waals surface area contributed by atoms with Crippen LogP contribution in [-0.2, 0) is 10.2 Å². The maximum atomic E-state index is 12.7. The number of amides is 1. The Balaban J connectivity index is 1.76. The van der Waals surface area contributed by atoms with Crippen molar-refractivity contribution in [1.82, 2.24) is 9.55 Å². The van der Waals surface area contributed by atoms with Gasteiger partial charge in [-0.05, 0) is 24.5 Å². The molecule has 5 heteroatoms. The smallest absolute Gasteiger partial charge is 0.333 e. The third kappa shape index (κ3) is 1.88. The average Bonchev–Trinajstić information content (AvgIpc) is 3.16. The SMILES string of the molecule is O=C(N1CC2(CCOCC2)c2ccccc21)n1ccnc1. The summed E-state index contributed by atoms with van der Waals surface area (Å²) in [4.78, 5) is 18.6. The highest BCUT2D eigenvalue weighted by atomic mass is 16.5. The molecule has 0 N–H and O–H groups in total. The minimum atomic E-state index is -0.0386. The van der Waals surface area contributed by atoms with Crippen molar-refractivity contribution in [3.05, 3.63) is 48.5 Å². The van der Waals surface area contributed by atoms with E-state index in [1.54, 1.807) is 18.7 Å². The Morgan fingerprint density at radius 2 is 2.05 bits per heavy atom. The van der Waals surface area contributed by atoms with Crippen molar-refractivity contribution in [3.8, 4) is 0 Å². The minimum absolute atomic E-state index is 0.0386. The van der Waals surface area contributed by atoms with E-state index >= 15 is 0 Å². The molecule has 0 radical (unpaired) electrons. The predicted molar refractivity (Wildman–Crippen MR) is 78.5 cm³/mol. The molecule has 21 heavy (non-hydrogen) atoms. The Bertz CT molecular complexity index is 660. The molecule has 0 aliphatic carbocycles. The summed E-state index contributed by atoms with van der Waals surface area (Å²) in [6.45, 7) is 2.26. The molecule has 0 unspecified atom stereocenters. The first-order chi connectivity index (χ1) is 10.3. The minimum Gasteiger partial charge on any atom is -0.381 e. The van der Waals surface area contributed by atoms with Crippen molar-refractivity contribution >= 4 is 11.7 Å². The normalized spacial score (nSPS) is 19.7. The van der Waals surface area contributed by atoms with Crippen molar-refractivity contribution in [2.24, 2.45) is 0 Å². The molecule has 2 aliphatic heterocycles. The van der Waals surface area contributed by atoms with E-state index in [1.165, 1.54) is 10.1 Å². The van der Waals surface area contributed by atoms with Gasteiger partial charge in [-0.25, -0.2) is 9.78 Å². The lowest BCUT2D eigenvalue weighted by atomic mass is 9.76. The summed E-state index contributed by atoms with van der Waals surface area (Å²) in [7, 11) is 0. The van der Waals surface area contributed by atoms with Crippen LogP contribution in [0, 0.1) is 0 Å². The fraction of sp³-hybridized carbons (Fsp3) is 0.375. The lowest BCUT2D eigenvalue weighted by Crippen LogP contribution is -2.41. The molecule has 0 bridgehead atoms. The summed E-state index contributed by atoms with van der Waals surface area (Å²) in [5.74, 6) is 0. The second-order valence-corrected chi connectivity index (χ2v) is 5.75. The van der Waals surface area contributed by atoms with E-state index in [2.05, 4.69) is 17.1 Å². The first-order valence-electron chi connectivity index (χ1n) is 7.27. The molecule has 1 spiro atoms. The van der Waals surface area contributed by atoms with Gasteiger partial charge in [-0.15, -0.1) is 0 Å². The number of rotatable bonds is 0. The summed E-state index contributed by atoms with van der Waals surface area (Å²) in [6, 6.07) is 8.20. The summed E-state index contributed by atoms with van der Waals surface area (Å²) in [5.41, 5.74) is 2.35. The zero-order valence-corrected chi connectivity index (χ0v) is 11.7. The van der Waals surface area contributed by atoms with Crippen LogP contribution in [-0.4, -0.2) is 35.3 Å². The Labute approximate surface area is 123 Å². The van der Waals surface area contributed by atoms with E-state index in [9.17, 15) is 4.79 Å². The first kappa shape index (κ1) is 12.6. The fourth-order valence-corrected chi connectivity index (χ4v) is 3.50. The van der Waals surface area contributed by atoms with Gasteiger partial charge < -0.3 is 4.74 Å². The fourth-order valence-electron chi connectivity index (χ4n) is 3.50. The van der Waals surface area contributed by atoms with Gasteiger partial charge in [0.1, 0.15) is 6.33 Å². The molecule has 1 aromatic carbocycles. The Morgan fingerprint density at radius 1 is 1.24 bits per heavy atom. The number of imidazole rings is 1. The lowest BCUT2D eigenvalue weighted by molar-refractivity contribution is 0.0556. The molecule has 2 aromatic rings. The van der Waals surface area contributed by atoms with Gasteiger partial charge in [0.25, 0.3) is 0 Å². The number of nitrogens with zero attached hydrogens (tertiary/aromatic N) is 3. The van der Waals surface area contributed by atoms with Gasteiger partial charge in [-0.3, -0.25) is 9.47 Å². The first-order valence-corrected chi connectivity index (χ1v) is 7.27. The molecular weight excluding hydrogens is 266 g/mol. The maximum Gasteiger partial charge on any atom is 0.333 e. The highest BCUT2D eigenvalue weighted by Crippen LogP contribution is 2.46. The number of anilines is 1. The molecule has 4 rings (SSSR count). The van der Waals surface area contributed by atoms with Gasteiger partial charge in [0.15, 0.2) is 0 Å². The number of carbonyl (C=O) groups excluding carboxylic acids is 1. The van der Waals surface area contributed by atoms with E-state index in [4.69, 9.17) is 4.74 Å². The van der Waals surface area contributed by atoms with Crippen molar-refractivity contribution in [2.75, 3.05) is 24.7 Å². The number of carbonyl (C=O) groups is 1. The van der Waals surface area contributed by atoms with E-state index in [1.807, 2.05) is 17.0 Å². The van der Waals surface area contributed by atoms with Crippen LogP contribution >= 0.6 is 0 Å². The van der Waals surface area contributed by atoms with Gasteiger partial charge in [0, 0.05) is 43.3 Å². The number of benzene rings is 1. The second kappa shape index (κ2) is 4.70. The van der Waals surface area contributed by atoms with Crippen molar-refractivity contribution < 1.29 is 9.53 Å². The van der Waals surface area contributed by atoms with Crippen LogP contribution in [0.5, 0.6) is 0 Å². The zero-order valence-electron chi connectivity index (χ0n) is 11.7. The van der Waals surface area contributed by atoms with Crippen LogP contribution in [0.4, 0.5) is 10.5 Å². The molecule has 5 nitrogen and oxygen atoms in total. The van der Waals surface area contributed by atoms with Gasteiger partial charge in [0.05, 0.1) is 0 Å². The van der Waals surface area contributed by atoms with Crippen molar-refractivity contribution in [1.29, 1.82) is 0 Å². The topological polar surface area (TPSA) is 47.4 Å². The second-order valence-electron chi connectivity index (χ2n) is 5.75. The number of hydrogen-bond donors (Lipinski definition) is 0. The van der Waals surface area contributed by atoms with Gasteiger partial charge >= 0.3 is 6.03 Å². The number of para-hydroxylation sites is 1. The number of aromatic nitrogens is 2. The van der Waals surface area contributed by atoms with Crippen LogP contribution in [0.15, 0.2) is 43.0 Å². The summed E-state index contributed by atoms with van der Waals surface area (Å²) in [5, 5.41) is 0. The molecule has 108 valence electrons. The highest BCUT2D eigenvalue weighted by Gasteiger charge is 2.45. The van der Waals surface area contributed by atoms with E-state index in [0.29, 0.717) is 0 Å². The quantitative estimate of drug-likeness (QED) is 0.746. The third-order valence-electron chi connectivity index (χ3n) is 4.63. The van der Waals surface area contributed by atoms with Gasteiger partial charge in [-0.2, -0.15) is 0 Å². The predicted octanol–water partition coefficient (Wildman–Crippen LogP) is 2.42. The van der Waals surface area contributed by atoms with Crippen LogP contribution in [0.2, 0.25) is 0 Å². The Kier molecular flexibility index (Phi) is 2.82. The summed E-state index contributed by atoms with van der Waals surface area (Å²) < 4.78 is 7.06. The summed E-state index contributed by atoms with van der Waals surface area (Å²) >= 11 is 0. The largest absolute Gasteiger partial charge is 0.381 e. The molecule has 0 atom stereocenters. The number of ether oxygens (including phenoxy) is 1. The summed E-state index contributed by atoms with van der Waals surface area (Å²) in [6.07, 6.45) is 6.82. The monoisotopic (exact) mass is 283 g/mol. The van der Waals surface area contributed by atoms with Gasteiger partial charge in [-0.1, -0.05) is 18.2 Å². The standard InChI is InChI=1S/C16H17N3O2/c20-15(18-8-7-17-12-18)19-11-16(5-9-21-10-6-16)13-3-1-2-4-14(13)19/h1-4,7-8,12H,5-6,9-11H2. The van der Waals surface area contributed by atoms with Crippen molar-refractivity contribution in [2.45, 2.75) is 18.3 Å². The van der Waals surface area contributed by atoms with E-state index < -0.39 is 0 Å². The molecular formula is C16H17N3O2. The number of hydrogen-bond acceptors (Lipinski definition) is 3. The molecule has 3 heterocycles.